The Morgan fingerprint density at radius 2 is 1.68 bits per heavy atom. The van der Waals surface area contributed by atoms with Gasteiger partial charge in [-0.1, -0.05) is 38.1 Å². The molecule has 0 aliphatic carbocycles. The molecule has 19 heavy (non-hydrogen) atoms. The van der Waals surface area contributed by atoms with E-state index >= 15 is 0 Å². The largest absolute Gasteiger partial charge is 0.481 e. The van der Waals surface area contributed by atoms with Crippen LogP contribution in [0.3, 0.4) is 0 Å². The third kappa shape index (κ3) is 5.12. The Morgan fingerprint density at radius 1 is 1.11 bits per heavy atom. The molecule has 1 aromatic carbocycles. The minimum absolute atomic E-state index is 0.119. The van der Waals surface area contributed by atoms with E-state index in [1.54, 1.807) is 12.1 Å². The zero-order chi connectivity index (χ0) is 14.4. The van der Waals surface area contributed by atoms with Crippen LogP contribution in [0.1, 0.15) is 43.7 Å². The van der Waals surface area contributed by atoms with Crippen LogP contribution >= 0.6 is 0 Å². The molecule has 4 heteroatoms. The summed E-state index contributed by atoms with van der Waals surface area (Å²) in [6.07, 6.45) is 0.937. The summed E-state index contributed by atoms with van der Waals surface area (Å²) in [6.45, 7) is 4.25. The van der Waals surface area contributed by atoms with Crippen molar-refractivity contribution in [2.24, 2.45) is 5.92 Å². The van der Waals surface area contributed by atoms with E-state index in [-0.39, 0.29) is 12.8 Å². The van der Waals surface area contributed by atoms with Gasteiger partial charge in [0.05, 0.1) is 5.92 Å². The highest BCUT2D eigenvalue weighted by atomic mass is 16.4. The van der Waals surface area contributed by atoms with Crippen LogP contribution in [0, 0.1) is 5.92 Å². The van der Waals surface area contributed by atoms with Crippen molar-refractivity contribution in [3.8, 4) is 0 Å². The lowest BCUT2D eigenvalue weighted by molar-refractivity contribution is -0.140. The molecule has 0 fully saturated rings. The fourth-order valence-electron chi connectivity index (χ4n) is 2.06. The molecule has 1 aromatic rings. The molecule has 1 rings (SSSR count). The number of carbonyl (C=O) groups is 2. The lowest BCUT2D eigenvalue weighted by Crippen LogP contribution is -2.13. The Bertz CT molecular complexity index is 434. The maximum Gasteiger partial charge on any atom is 0.310 e. The van der Waals surface area contributed by atoms with E-state index in [2.05, 4.69) is 13.8 Å². The zero-order valence-corrected chi connectivity index (χ0v) is 11.3. The molecular formula is C15H20O4. The second-order valence-corrected chi connectivity index (χ2v) is 5.16. The number of benzene rings is 1. The van der Waals surface area contributed by atoms with Gasteiger partial charge < -0.3 is 10.2 Å². The first-order valence-electron chi connectivity index (χ1n) is 6.43. The van der Waals surface area contributed by atoms with Gasteiger partial charge in [0.1, 0.15) is 0 Å². The van der Waals surface area contributed by atoms with Gasteiger partial charge in [0.25, 0.3) is 0 Å². The predicted molar refractivity (Wildman–Crippen MR) is 72.2 cm³/mol. The second kappa shape index (κ2) is 6.92. The minimum Gasteiger partial charge on any atom is -0.481 e. The fourth-order valence-corrected chi connectivity index (χ4v) is 2.06. The maximum atomic E-state index is 11.2. The van der Waals surface area contributed by atoms with E-state index in [4.69, 9.17) is 10.2 Å². The van der Waals surface area contributed by atoms with Gasteiger partial charge in [-0.15, -0.1) is 0 Å². The Kier molecular flexibility index (Phi) is 5.55. The second-order valence-electron chi connectivity index (χ2n) is 5.16. The summed E-state index contributed by atoms with van der Waals surface area (Å²) in [5, 5.41) is 17.8. The van der Waals surface area contributed by atoms with Gasteiger partial charge >= 0.3 is 11.9 Å². The van der Waals surface area contributed by atoms with Crippen molar-refractivity contribution in [1.82, 2.24) is 0 Å². The molecular weight excluding hydrogens is 244 g/mol. The Hall–Kier alpha value is -1.84. The van der Waals surface area contributed by atoms with Crippen LogP contribution in [0.4, 0.5) is 0 Å². The molecule has 0 saturated heterocycles. The van der Waals surface area contributed by atoms with Gasteiger partial charge in [0, 0.05) is 6.42 Å². The smallest absolute Gasteiger partial charge is 0.310 e. The Balaban J connectivity index is 2.79. The fraction of sp³-hybridized carbons (Fsp3) is 0.467. The Morgan fingerprint density at radius 3 is 2.11 bits per heavy atom. The van der Waals surface area contributed by atoms with Crippen molar-refractivity contribution >= 4 is 11.9 Å². The van der Waals surface area contributed by atoms with E-state index in [1.807, 2.05) is 12.1 Å². The quantitative estimate of drug-likeness (QED) is 0.794. The molecule has 0 aliphatic heterocycles. The van der Waals surface area contributed by atoms with Crippen molar-refractivity contribution in [3.63, 3.8) is 0 Å². The number of aliphatic carboxylic acids is 2. The molecule has 0 aromatic heterocycles. The van der Waals surface area contributed by atoms with Crippen molar-refractivity contribution in [2.75, 3.05) is 0 Å². The first kappa shape index (κ1) is 15.2. The molecule has 0 saturated carbocycles. The molecule has 104 valence electrons. The standard InChI is InChI=1S/C15H20O4/c1-10(2)9-11-3-5-12(6-4-11)13(15(18)19)7-8-14(16)17/h3-6,10,13H,7-9H2,1-2H3,(H,16,17)(H,18,19)/t13-/m1/s1. The predicted octanol–water partition coefficient (Wildman–Crippen LogP) is 2.92. The SMILES string of the molecule is CC(C)Cc1ccc([C@@H](CCC(=O)O)C(=O)O)cc1. The van der Waals surface area contributed by atoms with E-state index < -0.39 is 17.9 Å². The molecule has 0 unspecified atom stereocenters. The minimum atomic E-state index is -0.974. The highest BCUT2D eigenvalue weighted by Gasteiger charge is 2.20. The van der Waals surface area contributed by atoms with Crippen LogP contribution in [-0.4, -0.2) is 22.2 Å². The average molecular weight is 264 g/mol. The summed E-state index contributed by atoms with van der Waals surface area (Å²) in [7, 11) is 0. The topological polar surface area (TPSA) is 74.6 Å². The van der Waals surface area contributed by atoms with Gasteiger partial charge in [-0.3, -0.25) is 9.59 Å². The lowest BCUT2D eigenvalue weighted by atomic mass is 9.92. The summed E-state index contributed by atoms with van der Waals surface area (Å²) in [4.78, 5) is 21.7. The average Bonchev–Trinajstić information content (AvgIpc) is 2.29. The van der Waals surface area contributed by atoms with Gasteiger partial charge in [-0.05, 0) is 29.9 Å². The first-order chi connectivity index (χ1) is 8.90. The number of hydrogen-bond acceptors (Lipinski definition) is 2. The molecule has 1 atom stereocenters. The van der Waals surface area contributed by atoms with Gasteiger partial charge in [0.2, 0.25) is 0 Å². The maximum absolute atomic E-state index is 11.2. The molecule has 0 bridgehead atoms. The monoisotopic (exact) mass is 264 g/mol. The molecule has 0 radical (unpaired) electrons. The van der Waals surface area contributed by atoms with E-state index in [1.165, 1.54) is 5.56 Å². The van der Waals surface area contributed by atoms with Crippen LogP contribution in [0.25, 0.3) is 0 Å². The van der Waals surface area contributed by atoms with Crippen LogP contribution in [0.5, 0.6) is 0 Å². The van der Waals surface area contributed by atoms with Gasteiger partial charge in [-0.2, -0.15) is 0 Å². The van der Waals surface area contributed by atoms with Crippen molar-refractivity contribution < 1.29 is 19.8 Å². The van der Waals surface area contributed by atoms with Crippen molar-refractivity contribution in [2.45, 2.75) is 39.0 Å². The number of rotatable bonds is 7. The van der Waals surface area contributed by atoms with Crippen LogP contribution in [0.2, 0.25) is 0 Å². The van der Waals surface area contributed by atoms with Crippen molar-refractivity contribution in [1.29, 1.82) is 0 Å². The molecule has 4 nitrogen and oxygen atoms in total. The summed E-state index contributed by atoms with van der Waals surface area (Å²) in [5.74, 6) is -2.14. The molecule has 0 aliphatic rings. The van der Waals surface area contributed by atoms with Crippen LogP contribution in [-0.2, 0) is 16.0 Å². The lowest BCUT2D eigenvalue weighted by Gasteiger charge is -2.12. The third-order valence-electron chi connectivity index (χ3n) is 2.97. The van der Waals surface area contributed by atoms with Crippen LogP contribution < -0.4 is 0 Å². The highest BCUT2D eigenvalue weighted by molar-refractivity contribution is 5.77. The zero-order valence-electron chi connectivity index (χ0n) is 11.3. The molecule has 2 N–H and O–H groups in total. The molecule has 0 spiro atoms. The molecule has 0 amide bonds. The Labute approximate surface area is 113 Å². The normalized spacial score (nSPS) is 12.4. The van der Waals surface area contributed by atoms with Crippen molar-refractivity contribution in [3.05, 3.63) is 35.4 Å². The van der Waals surface area contributed by atoms with E-state index in [0.717, 1.165) is 6.42 Å². The van der Waals surface area contributed by atoms with Crippen LogP contribution in [0.15, 0.2) is 24.3 Å². The third-order valence-corrected chi connectivity index (χ3v) is 2.97. The first-order valence-corrected chi connectivity index (χ1v) is 6.43. The van der Waals surface area contributed by atoms with Gasteiger partial charge in [0.15, 0.2) is 0 Å². The number of hydrogen-bond donors (Lipinski definition) is 2. The van der Waals surface area contributed by atoms with E-state index in [9.17, 15) is 9.59 Å². The summed E-state index contributed by atoms with van der Waals surface area (Å²) in [6, 6.07) is 7.43. The van der Waals surface area contributed by atoms with Gasteiger partial charge in [-0.25, -0.2) is 0 Å². The van der Waals surface area contributed by atoms with E-state index in [0.29, 0.717) is 11.5 Å². The molecule has 0 heterocycles. The summed E-state index contributed by atoms with van der Waals surface area (Å²) in [5.41, 5.74) is 1.84. The number of carboxylic acid groups (broad SMARTS) is 2. The summed E-state index contributed by atoms with van der Waals surface area (Å²) >= 11 is 0. The summed E-state index contributed by atoms with van der Waals surface area (Å²) < 4.78 is 0. The number of carboxylic acids is 2. The highest BCUT2D eigenvalue weighted by Crippen LogP contribution is 2.23.